The highest BCUT2D eigenvalue weighted by Crippen LogP contribution is 2.28. The zero-order valence-electron chi connectivity index (χ0n) is 11.7. The van der Waals surface area contributed by atoms with Crippen LogP contribution in [0.4, 0.5) is 11.4 Å². The van der Waals surface area contributed by atoms with E-state index >= 15 is 0 Å². The predicted octanol–water partition coefficient (Wildman–Crippen LogP) is -0.888. The lowest BCUT2D eigenvalue weighted by Crippen LogP contribution is -2.18. The minimum atomic E-state index is 0. The normalized spacial score (nSPS) is 8.06. The Bertz CT molecular complexity index is 454. The van der Waals surface area contributed by atoms with Gasteiger partial charge in [-0.3, -0.25) is 0 Å². The summed E-state index contributed by atoms with van der Waals surface area (Å²) in [5.74, 6) is 0. The molecule has 100 valence electrons. The van der Waals surface area contributed by atoms with Crippen molar-refractivity contribution in [2.24, 2.45) is 4.99 Å². The van der Waals surface area contributed by atoms with Gasteiger partial charge in [-0.1, -0.05) is 0 Å². The van der Waals surface area contributed by atoms with E-state index in [0.29, 0.717) is 0 Å². The molecule has 0 aliphatic heterocycles. The molecule has 7 heteroatoms. The van der Waals surface area contributed by atoms with Crippen LogP contribution in [0.25, 0.3) is 5.41 Å². The summed E-state index contributed by atoms with van der Waals surface area (Å²) >= 11 is 0. The first-order chi connectivity index (χ1) is 7.88. The molecule has 0 fully saturated rings. The van der Waals surface area contributed by atoms with Gasteiger partial charge in [0, 0.05) is 28.2 Å². The average molecular weight is 252 g/mol. The van der Waals surface area contributed by atoms with E-state index in [1.54, 1.807) is 0 Å². The molecule has 0 radical (unpaired) electrons. The van der Waals surface area contributed by atoms with Crippen molar-refractivity contribution in [3.63, 3.8) is 0 Å². The molecule has 0 heterocycles. The quantitative estimate of drug-likeness (QED) is 0.388. The number of rotatable bonds is 2. The van der Waals surface area contributed by atoms with E-state index in [9.17, 15) is 0 Å². The van der Waals surface area contributed by atoms with Crippen molar-refractivity contribution in [1.82, 2.24) is 4.58 Å². The second-order valence-corrected chi connectivity index (χ2v) is 4.04. The first-order valence-corrected chi connectivity index (χ1v) is 5.00. The van der Waals surface area contributed by atoms with Crippen molar-refractivity contribution in [3.05, 3.63) is 10.8 Å². The van der Waals surface area contributed by atoms with Crippen molar-refractivity contribution >= 4 is 17.4 Å². The zero-order valence-corrected chi connectivity index (χ0v) is 11.7. The smallest absolute Gasteiger partial charge is 0.251 e. The van der Waals surface area contributed by atoms with Crippen LogP contribution in [0.2, 0.25) is 0 Å². The summed E-state index contributed by atoms with van der Waals surface area (Å²) in [6.07, 6.45) is 1.28. The maximum Gasteiger partial charge on any atom is 0.251 e. The molecule has 0 atom stereocenters. The minimum absolute atomic E-state index is 0. The lowest BCUT2D eigenvalue weighted by atomic mass is 10.7. The number of nitrogens with zero attached hydrogens (tertiary/aromatic N) is 6. The zero-order chi connectivity index (χ0) is 13.6. The Balaban J connectivity index is 0. The summed E-state index contributed by atoms with van der Waals surface area (Å²) in [5.41, 5.74) is 2.70. The highest BCUT2D eigenvalue weighted by atomic mass is 16.0. The molecule has 0 spiro atoms. The maximum atomic E-state index is 7.43. The molecule has 0 aliphatic rings. The second-order valence-electron chi connectivity index (χ2n) is 4.04. The Morgan fingerprint density at radius 2 is 1.50 bits per heavy atom. The lowest BCUT2D eigenvalue weighted by molar-refractivity contribution is 0.824. The predicted molar refractivity (Wildman–Crippen MR) is 74.6 cm³/mol. The number of aliphatic imine (C=N–C) groups is 1. The van der Waals surface area contributed by atoms with Crippen LogP contribution in [0.1, 0.15) is 0 Å². The molecule has 1 rings (SSSR count). The van der Waals surface area contributed by atoms with Crippen molar-refractivity contribution in [2.45, 2.75) is 0 Å². The van der Waals surface area contributed by atoms with Gasteiger partial charge in [-0.25, -0.2) is 4.58 Å². The summed E-state index contributed by atoms with van der Waals surface area (Å²) < 4.78 is 2.16. The lowest BCUT2D eigenvalue weighted by Gasteiger charge is -2.06. The molecule has 18 heavy (non-hydrogen) atoms. The highest BCUT2D eigenvalue weighted by molar-refractivity contribution is 5.84. The fraction of sp³-hybridized carbons (Fsp3) is 0.545. The molecule has 1 aromatic carbocycles. The third-order valence-corrected chi connectivity index (χ3v) is 2.05. The van der Waals surface area contributed by atoms with Gasteiger partial charge < -0.3 is 25.7 Å². The van der Waals surface area contributed by atoms with Gasteiger partial charge in [0.15, 0.2) is 0 Å². The molecule has 0 unspecified atom stereocenters. The summed E-state index contributed by atoms with van der Waals surface area (Å²) in [7, 11) is 12.5. The molecule has 1 aromatic rings. The van der Waals surface area contributed by atoms with Crippen molar-refractivity contribution in [1.29, 1.82) is 5.26 Å². The van der Waals surface area contributed by atoms with Crippen LogP contribution < -0.4 is 19.7 Å². The van der Waals surface area contributed by atoms with Crippen LogP contribution in [0, 0.1) is 11.5 Å². The van der Waals surface area contributed by atoms with E-state index in [1.807, 2.05) is 0 Å². The Kier molecular flexibility index (Phi) is 8.10. The van der Waals surface area contributed by atoms with Crippen molar-refractivity contribution in [2.75, 3.05) is 52.1 Å². The number of nitriles is 1. The van der Waals surface area contributed by atoms with Gasteiger partial charge >= 0.3 is 0 Å². The summed E-state index contributed by atoms with van der Waals surface area (Å²) in [5, 5.41) is 16.2. The molecule has 0 amide bonds. The van der Waals surface area contributed by atoms with E-state index in [1.165, 1.54) is 28.9 Å². The molecular formula is C11H20N6O. The average Bonchev–Trinajstić information content (AvgIpc) is 2.94. The van der Waals surface area contributed by atoms with Crippen LogP contribution in [0.15, 0.2) is 4.99 Å². The molecule has 0 aliphatic carbocycles. The Morgan fingerprint density at radius 1 is 1.11 bits per heavy atom. The van der Waals surface area contributed by atoms with Crippen LogP contribution >= 0.6 is 0 Å². The molecule has 0 saturated carbocycles. The largest absolute Gasteiger partial charge is 0.422 e. The van der Waals surface area contributed by atoms with E-state index in [4.69, 9.17) is 10.7 Å². The minimum Gasteiger partial charge on any atom is -0.422 e. The van der Waals surface area contributed by atoms with E-state index in [0.717, 1.165) is 0 Å². The van der Waals surface area contributed by atoms with E-state index in [2.05, 4.69) is 61.7 Å². The number of anilines is 2. The van der Waals surface area contributed by atoms with E-state index in [-0.39, 0.29) is 5.48 Å². The monoisotopic (exact) mass is 252 g/mol. The fourth-order valence-corrected chi connectivity index (χ4v) is 1.45. The Labute approximate surface area is 107 Å². The van der Waals surface area contributed by atoms with E-state index < -0.39 is 0 Å². The Morgan fingerprint density at radius 3 is 1.56 bits per heavy atom. The SMILES string of the molecule is CN(C)c1c(N(C)C)c1=[N+](C)C.N#CN=C=[N-].O. The van der Waals surface area contributed by atoms with Gasteiger partial charge in [-0.05, 0) is 0 Å². The third-order valence-electron chi connectivity index (χ3n) is 2.05. The molecule has 7 nitrogen and oxygen atoms in total. The number of hydrogen-bond donors (Lipinski definition) is 0. The van der Waals surface area contributed by atoms with Gasteiger partial charge in [-0.15, -0.1) is 6.01 Å². The van der Waals surface area contributed by atoms with Crippen LogP contribution in [0.3, 0.4) is 0 Å². The summed E-state index contributed by atoms with van der Waals surface area (Å²) in [6.45, 7) is 0. The van der Waals surface area contributed by atoms with Gasteiger partial charge in [0.2, 0.25) is 0 Å². The molecular weight excluding hydrogens is 232 g/mol. The first-order valence-electron chi connectivity index (χ1n) is 5.00. The van der Waals surface area contributed by atoms with Gasteiger partial charge in [0.25, 0.3) is 5.36 Å². The Hall–Kier alpha value is -2.16. The fourth-order valence-electron chi connectivity index (χ4n) is 1.45. The van der Waals surface area contributed by atoms with Crippen molar-refractivity contribution < 1.29 is 5.48 Å². The van der Waals surface area contributed by atoms with Gasteiger partial charge in [-0.2, -0.15) is 5.26 Å². The molecule has 2 N–H and O–H groups in total. The van der Waals surface area contributed by atoms with Crippen LogP contribution in [-0.4, -0.2) is 53.8 Å². The third kappa shape index (κ3) is 4.78. The van der Waals surface area contributed by atoms with Gasteiger partial charge in [0.05, 0.1) is 6.19 Å². The van der Waals surface area contributed by atoms with Gasteiger partial charge in [0.1, 0.15) is 25.5 Å². The van der Waals surface area contributed by atoms with Crippen molar-refractivity contribution in [3.8, 4) is 6.19 Å². The highest BCUT2D eigenvalue weighted by Gasteiger charge is 2.30. The molecule has 0 bridgehead atoms. The van der Waals surface area contributed by atoms with Crippen LogP contribution in [0.5, 0.6) is 0 Å². The summed E-state index contributed by atoms with van der Waals surface area (Å²) in [4.78, 5) is 6.90. The van der Waals surface area contributed by atoms with Crippen LogP contribution in [-0.2, 0) is 0 Å². The second kappa shape index (κ2) is 8.01. The topological polar surface area (TPSA) is 99.4 Å². The molecule has 0 aromatic heterocycles. The maximum absolute atomic E-state index is 7.43. The summed E-state index contributed by atoms with van der Waals surface area (Å²) in [6, 6.07) is 1.28. The number of hydrogen-bond acceptors (Lipinski definition) is 4. The standard InChI is InChI=1S/C9H18N3.C2N3.H2O/c1-10(2)7-8(11(3)4)9(7)12(5)6;3-1-5-2-4;/h1-6H3;;1H2/q+1;-1;. The molecule has 0 saturated heterocycles. The first kappa shape index (κ1) is 18.2.